The first-order valence-electron chi connectivity index (χ1n) is 8.98. The largest absolute Gasteiger partial charge is 0.361 e. The third-order valence-corrected chi connectivity index (χ3v) is 5.71. The van der Waals surface area contributed by atoms with Crippen molar-refractivity contribution in [3.8, 4) is 0 Å². The molecule has 0 saturated heterocycles. The van der Waals surface area contributed by atoms with E-state index in [2.05, 4.69) is 39.8 Å². The van der Waals surface area contributed by atoms with Crippen LogP contribution < -0.4 is 10.2 Å². The average molecular weight is 336 g/mol. The van der Waals surface area contributed by atoms with Crippen molar-refractivity contribution in [2.24, 2.45) is 5.92 Å². The van der Waals surface area contributed by atoms with Crippen LogP contribution in [-0.4, -0.2) is 36.7 Å². The minimum absolute atomic E-state index is 0.135. The molecule has 25 heavy (non-hydrogen) atoms. The Morgan fingerprint density at radius 3 is 2.84 bits per heavy atom. The van der Waals surface area contributed by atoms with Crippen molar-refractivity contribution >= 4 is 11.7 Å². The number of benzene rings is 1. The van der Waals surface area contributed by atoms with Crippen LogP contribution in [0.15, 0.2) is 36.4 Å². The summed E-state index contributed by atoms with van der Waals surface area (Å²) in [5.41, 5.74) is 3.68. The van der Waals surface area contributed by atoms with Crippen molar-refractivity contribution < 1.29 is 4.79 Å². The molecule has 1 aromatic heterocycles. The van der Waals surface area contributed by atoms with Crippen LogP contribution in [0.5, 0.6) is 0 Å². The standard InChI is InChI=1S/C20H24N4O/c1-24(2)18-10-9-17(22-23-18)19(25)21-13-15-12-20(15)11-5-7-14-6-3-4-8-16(14)20/h3-4,6,8-10,15H,5,7,11-13H2,1-2H3,(H,21,25)/t15-,20+/m1/s1. The molecule has 5 heteroatoms. The number of nitrogens with one attached hydrogen (secondary N) is 1. The number of aryl methyl sites for hydroxylation is 1. The van der Waals surface area contributed by atoms with Gasteiger partial charge in [0.2, 0.25) is 0 Å². The number of hydrogen-bond donors (Lipinski definition) is 1. The van der Waals surface area contributed by atoms with E-state index in [1.54, 1.807) is 6.07 Å². The summed E-state index contributed by atoms with van der Waals surface area (Å²) in [5, 5.41) is 11.2. The summed E-state index contributed by atoms with van der Waals surface area (Å²) in [6, 6.07) is 12.4. The number of hydrogen-bond acceptors (Lipinski definition) is 4. The van der Waals surface area contributed by atoms with E-state index in [9.17, 15) is 4.79 Å². The van der Waals surface area contributed by atoms with Crippen LogP contribution in [0.2, 0.25) is 0 Å². The lowest BCUT2D eigenvalue weighted by Crippen LogP contribution is -2.30. The summed E-state index contributed by atoms with van der Waals surface area (Å²) in [4.78, 5) is 14.2. The van der Waals surface area contributed by atoms with Gasteiger partial charge in [0.05, 0.1) is 0 Å². The minimum Gasteiger partial charge on any atom is -0.361 e. The number of fused-ring (bicyclic) bond motifs is 2. The summed E-state index contributed by atoms with van der Waals surface area (Å²) in [6.45, 7) is 0.713. The molecule has 1 spiro atoms. The monoisotopic (exact) mass is 336 g/mol. The van der Waals surface area contributed by atoms with Crippen LogP contribution in [0.3, 0.4) is 0 Å². The molecule has 0 bridgehead atoms. The lowest BCUT2D eigenvalue weighted by atomic mass is 9.78. The van der Waals surface area contributed by atoms with Gasteiger partial charge < -0.3 is 10.2 Å². The molecule has 130 valence electrons. The van der Waals surface area contributed by atoms with Crippen molar-refractivity contribution in [1.29, 1.82) is 0 Å². The van der Waals surface area contributed by atoms with E-state index in [1.165, 1.54) is 36.8 Å². The highest BCUT2D eigenvalue weighted by Gasteiger charge is 2.56. The van der Waals surface area contributed by atoms with Crippen LogP contribution in [0.1, 0.15) is 40.9 Å². The minimum atomic E-state index is -0.135. The van der Waals surface area contributed by atoms with Gasteiger partial charge in [-0.2, -0.15) is 0 Å². The molecule has 0 radical (unpaired) electrons. The van der Waals surface area contributed by atoms with Gasteiger partial charge in [-0.25, -0.2) is 0 Å². The highest BCUT2D eigenvalue weighted by Crippen LogP contribution is 2.59. The second-order valence-corrected chi connectivity index (χ2v) is 7.45. The van der Waals surface area contributed by atoms with Gasteiger partial charge in [0.15, 0.2) is 11.5 Å². The lowest BCUT2D eigenvalue weighted by Gasteiger charge is -2.26. The molecule has 2 aromatic rings. The highest BCUT2D eigenvalue weighted by molar-refractivity contribution is 5.92. The third kappa shape index (κ3) is 2.88. The summed E-state index contributed by atoms with van der Waals surface area (Å²) < 4.78 is 0. The highest BCUT2D eigenvalue weighted by atomic mass is 16.1. The fourth-order valence-corrected chi connectivity index (χ4v) is 4.23. The number of amides is 1. The van der Waals surface area contributed by atoms with Crippen molar-refractivity contribution in [2.75, 3.05) is 25.5 Å². The van der Waals surface area contributed by atoms with Gasteiger partial charge in [0.25, 0.3) is 5.91 Å². The Morgan fingerprint density at radius 1 is 1.24 bits per heavy atom. The molecule has 5 nitrogen and oxygen atoms in total. The first-order valence-corrected chi connectivity index (χ1v) is 8.98. The predicted octanol–water partition coefficient (Wildman–Crippen LogP) is 2.57. The number of rotatable bonds is 4. The zero-order valence-electron chi connectivity index (χ0n) is 14.8. The van der Waals surface area contributed by atoms with Gasteiger partial charge in [0.1, 0.15) is 0 Å². The first kappa shape index (κ1) is 16.1. The molecule has 1 saturated carbocycles. The van der Waals surface area contributed by atoms with Crippen molar-refractivity contribution in [2.45, 2.75) is 31.1 Å². The molecular weight excluding hydrogens is 312 g/mol. The second kappa shape index (κ2) is 6.14. The van der Waals surface area contributed by atoms with Crippen molar-refractivity contribution in [3.05, 3.63) is 53.2 Å². The average Bonchev–Trinajstić information content (AvgIpc) is 3.33. The summed E-state index contributed by atoms with van der Waals surface area (Å²) in [6.07, 6.45) is 4.85. The second-order valence-electron chi connectivity index (χ2n) is 7.45. The van der Waals surface area contributed by atoms with Crippen LogP contribution in [0.25, 0.3) is 0 Å². The number of nitrogens with zero attached hydrogens (tertiary/aromatic N) is 3. The Hall–Kier alpha value is -2.43. The van der Waals surface area contributed by atoms with E-state index >= 15 is 0 Å². The van der Waals surface area contributed by atoms with Gasteiger partial charge in [0, 0.05) is 26.1 Å². The predicted molar refractivity (Wildman–Crippen MR) is 97.9 cm³/mol. The smallest absolute Gasteiger partial charge is 0.271 e. The van der Waals surface area contributed by atoms with Crippen LogP contribution >= 0.6 is 0 Å². The van der Waals surface area contributed by atoms with Crippen molar-refractivity contribution in [3.63, 3.8) is 0 Å². The van der Waals surface area contributed by atoms with Gasteiger partial charge in [-0.05, 0) is 54.9 Å². The fourth-order valence-electron chi connectivity index (χ4n) is 4.23. The molecule has 2 aliphatic carbocycles. The third-order valence-electron chi connectivity index (χ3n) is 5.71. The molecule has 1 aromatic carbocycles. The zero-order chi connectivity index (χ0) is 17.4. The zero-order valence-corrected chi connectivity index (χ0v) is 14.8. The Morgan fingerprint density at radius 2 is 2.08 bits per heavy atom. The van der Waals surface area contributed by atoms with Gasteiger partial charge in [-0.15, -0.1) is 10.2 Å². The normalized spacial score (nSPS) is 23.8. The van der Waals surface area contributed by atoms with Crippen LogP contribution in [0, 0.1) is 5.92 Å². The number of carbonyl (C=O) groups is 1. The lowest BCUT2D eigenvalue weighted by molar-refractivity contribution is 0.0945. The van der Waals surface area contributed by atoms with Gasteiger partial charge in [-0.1, -0.05) is 24.3 Å². The molecule has 1 amide bonds. The van der Waals surface area contributed by atoms with Gasteiger partial charge >= 0.3 is 0 Å². The Labute approximate surface area is 148 Å². The molecule has 0 unspecified atom stereocenters. The molecular formula is C20H24N4O. The molecule has 1 heterocycles. The maximum atomic E-state index is 12.3. The van der Waals surface area contributed by atoms with Crippen LogP contribution in [-0.2, 0) is 11.8 Å². The summed E-state index contributed by atoms with van der Waals surface area (Å²) in [5.74, 6) is 1.15. The number of anilines is 1. The summed E-state index contributed by atoms with van der Waals surface area (Å²) in [7, 11) is 3.80. The first-order chi connectivity index (χ1) is 12.1. The van der Waals surface area contributed by atoms with Gasteiger partial charge in [-0.3, -0.25) is 4.79 Å². The molecule has 4 rings (SSSR count). The molecule has 1 N–H and O–H groups in total. The van der Waals surface area contributed by atoms with E-state index in [-0.39, 0.29) is 5.91 Å². The van der Waals surface area contributed by atoms with Crippen LogP contribution in [0.4, 0.5) is 5.82 Å². The van der Waals surface area contributed by atoms with E-state index in [4.69, 9.17) is 0 Å². The topological polar surface area (TPSA) is 58.1 Å². The Bertz CT molecular complexity index is 787. The van der Waals surface area contributed by atoms with E-state index in [0.717, 1.165) is 5.82 Å². The number of aromatic nitrogens is 2. The Balaban J connectivity index is 1.40. The SMILES string of the molecule is CN(C)c1ccc(C(=O)NC[C@H]2C[C@@]23CCCc2ccccc23)nn1. The quantitative estimate of drug-likeness (QED) is 0.932. The van der Waals surface area contributed by atoms with Crippen molar-refractivity contribution in [1.82, 2.24) is 15.5 Å². The molecule has 2 aliphatic rings. The Kier molecular flexibility index (Phi) is 3.94. The maximum Gasteiger partial charge on any atom is 0.271 e. The van der Waals surface area contributed by atoms with E-state index in [1.807, 2.05) is 25.1 Å². The maximum absolute atomic E-state index is 12.3. The molecule has 2 atom stereocenters. The molecule has 0 aliphatic heterocycles. The van der Waals surface area contributed by atoms with E-state index in [0.29, 0.717) is 23.6 Å². The van der Waals surface area contributed by atoms with E-state index < -0.39 is 0 Å². The fraction of sp³-hybridized carbons (Fsp3) is 0.450. The number of carbonyl (C=O) groups excluding carboxylic acids is 1. The summed E-state index contributed by atoms with van der Waals surface area (Å²) >= 11 is 0. The molecule has 1 fully saturated rings.